The zero-order valence-corrected chi connectivity index (χ0v) is 44.0. The second-order valence-corrected chi connectivity index (χ2v) is 22.1. The minimum absolute atomic E-state index is 0.0105. The number of hydrogen-bond donors (Lipinski definition) is 5. The molecule has 6 N–H and O–H groups in total. The number of carbonyl (C=O) groups is 1. The second-order valence-electron chi connectivity index (χ2n) is 19.3. The van der Waals surface area contributed by atoms with Crippen LogP contribution in [-0.2, 0) is 55.4 Å². The molecule has 2 aromatic heterocycles. The van der Waals surface area contributed by atoms with Gasteiger partial charge in [-0.25, -0.2) is 4.98 Å². The van der Waals surface area contributed by atoms with Gasteiger partial charge in [-0.2, -0.15) is 26.8 Å². The van der Waals surface area contributed by atoms with Crippen molar-refractivity contribution in [3.05, 3.63) is 171 Å². The first-order valence-corrected chi connectivity index (χ1v) is 27.2. The number of non-ortho nitro benzene ring substituents is 1. The van der Waals surface area contributed by atoms with Crippen LogP contribution in [0.5, 0.6) is 5.88 Å². The summed E-state index contributed by atoms with van der Waals surface area (Å²) in [5.74, 6) is 0.281. The summed E-state index contributed by atoms with van der Waals surface area (Å²) in [6.45, 7) is 11.3. The van der Waals surface area contributed by atoms with E-state index in [1.54, 1.807) is 24.3 Å². The van der Waals surface area contributed by atoms with Gasteiger partial charge in [-0.15, -0.1) is 0 Å². The van der Waals surface area contributed by atoms with E-state index in [-0.39, 0.29) is 39.8 Å². The summed E-state index contributed by atoms with van der Waals surface area (Å²) >= 11 is 0. The van der Waals surface area contributed by atoms with Crippen molar-refractivity contribution < 1.29 is 40.4 Å². The van der Waals surface area contributed by atoms with Gasteiger partial charge in [-0.1, -0.05) is 94.8 Å². The molecule has 21 heteroatoms. The van der Waals surface area contributed by atoms with Gasteiger partial charge in [-0.05, 0) is 108 Å². The molecule has 1 amide bonds. The van der Waals surface area contributed by atoms with Crippen molar-refractivity contribution in [3.63, 3.8) is 0 Å². The highest BCUT2D eigenvalue weighted by Gasteiger charge is 2.40. The number of amides is 1. The topological polar surface area (TPSA) is 286 Å². The molecule has 0 radical (unpaired) electrons. The number of unbranched alkanes of at least 4 members (excludes halogenated alkanes) is 2. The molecule has 0 aliphatic carbocycles. The smallest absolute Gasteiger partial charge is 0.294 e. The lowest BCUT2D eigenvalue weighted by molar-refractivity contribution is -0.384. The minimum Gasteiger partial charge on any atom is -0.471 e. The van der Waals surface area contributed by atoms with E-state index in [9.17, 15) is 40.8 Å². The molecular weight excluding hydrogens is 999 g/mol. The van der Waals surface area contributed by atoms with Crippen molar-refractivity contribution >= 4 is 60.3 Å². The molecule has 75 heavy (non-hydrogen) atoms. The molecule has 1 aliphatic rings. The summed E-state index contributed by atoms with van der Waals surface area (Å²) in [5.41, 5.74) is 12.5. The lowest BCUT2D eigenvalue weighted by Crippen LogP contribution is -2.29. The number of nitrogen functional groups attached to an aromatic ring is 1. The van der Waals surface area contributed by atoms with Crippen LogP contribution in [0.4, 0.5) is 17.3 Å². The first-order chi connectivity index (χ1) is 35.5. The number of allylic oxidation sites excluding steroid dienone is 6. The van der Waals surface area contributed by atoms with Crippen LogP contribution in [0.15, 0.2) is 142 Å². The van der Waals surface area contributed by atoms with Gasteiger partial charge >= 0.3 is 0 Å². The average molecular weight is 1060 g/mol. The summed E-state index contributed by atoms with van der Waals surface area (Å²) in [6.07, 6.45) is 14.5. The number of benzene rings is 4. The highest BCUT2D eigenvalue weighted by Crippen LogP contribution is 2.48. The standard InChI is InChI=1S/C54H61N9O10S2/c1-36-17-26-41(74(67,68)69)31-43(36)53(2,3)46(56-29-12-13-37-22-24-40(25-23-37)63(65)66)14-8-6-9-15-47-54(4,5)44-32-42(75(70,71)72)27-28-45(44)62(47)30-11-7-10-16-48(64)57-33-38-18-20-39(21-19-38)34-73-51-49-50(59-35-58-49)60-52(55)61-51/h6,8-9,14-15,17-28,31-32,35H,7,10-13,16,29-30,33-34H2,1-5H3,(H,57,64)(H,67,68,69)(H,70,71,72)(H3,55,58,59,60,61)/b9-6+,14-8+,47-15+,56-46+. The lowest BCUT2D eigenvalue weighted by Gasteiger charge is -2.28. The SMILES string of the molecule is Cc1ccc(S(=O)(=O)O)cc1C(C)(C)C(/C=C/C=C/C=C1/N(CCCCCC(=O)NCc2ccc(COc3nc(N)nc4[nH]cnc34)cc2)c2ccc(S(=O)(=O)O)cc2C1(C)C)=N/CCCc1ccc([N+](=O)[O-])cc1. The first kappa shape index (κ1) is 55.2. The van der Waals surface area contributed by atoms with Gasteiger partial charge in [0, 0.05) is 66.1 Å². The Morgan fingerprint density at radius 3 is 2.28 bits per heavy atom. The molecule has 0 saturated carbocycles. The number of nitro groups is 1. The quantitative estimate of drug-likeness (QED) is 0.00998. The summed E-state index contributed by atoms with van der Waals surface area (Å²) in [4.78, 5) is 45.6. The van der Waals surface area contributed by atoms with Crippen molar-refractivity contribution in [2.24, 2.45) is 4.99 Å². The van der Waals surface area contributed by atoms with Crippen LogP contribution in [0, 0.1) is 17.0 Å². The lowest BCUT2D eigenvalue weighted by atomic mass is 9.77. The Morgan fingerprint density at radius 1 is 0.893 bits per heavy atom. The number of aryl methyl sites for hydroxylation is 2. The van der Waals surface area contributed by atoms with E-state index in [1.807, 2.05) is 89.3 Å². The number of fused-ring (bicyclic) bond motifs is 2. The fraction of sp³-hybridized carbons (Fsp3) is 0.315. The Morgan fingerprint density at radius 2 is 1.57 bits per heavy atom. The predicted molar refractivity (Wildman–Crippen MR) is 288 cm³/mol. The molecule has 1 aliphatic heterocycles. The molecule has 0 atom stereocenters. The average Bonchev–Trinajstić information content (AvgIpc) is 3.91. The predicted octanol–water partition coefficient (Wildman–Crippen LogP) is 9.25. The normalized spacial score (nSPS) is 14.6. The maximum absolute atomic E-state index is 12.9. The monoisotopic (exact) mass is 1060 g/mol. The van der Waals surface area contributed by atoms with Gasteiger partial charge in [0.05, 0.1) is 21.0 Å². The van der Waals surface area contributed by atoms with Crippen LogP contribution in [0.1, 0.15) is 93.2 Å². The molecule has 7 rings (SSSR count). The summed E-state index contributed by atoms with van der Waals surface area (Å²) in [7, 11) is -8.97. The number of carbonyl (C=O) groups excluding carboxylic acids is 1. The van der Waals surface area contributed by atoms with Crippen molar-refractivity contribution in [3.8, 4) is 5.88 Å². The number of anilines is 2. The summed E-state index contributed by atoms with van der Waals surface area (Å²) < 4.78 is 74.6. The number of ether oxygens (including phenoxy) is 1. The number of nitrogens with one attached hydrogen (secondary N) is 2. The molecule has 0 saturated heterocycles. The van der Waals surface area contributed by atoms with Gasteiger partial charge in [-0.3, -0.25) is 29.0 Å². The molecule has 4 aromatic carbocycles. The van der Waals surface area contributed by atoms with Crippen molar-refractivity contribution in [2.75, 3.05) is 23.7 Å². The Hall–Kier alpha value is -7.59. The van der Waals surface area contributed by atoms with E-state index in [0.29, 0.717) is 67.8 Å². The van der Waals surface area contributed by atoms with E-state index < -0.39 is 36.0 Å². The maximum atomic E-state index is 12.9. The zero-order valence-electron chi connectivity index (χ0n) is 42.4. The molecule has 0 spiro atoms. The van der Waals surface area contributed by atoms with E-state index in [0.717, 1.165) is 52.0 Å². The second kappa shape index (κ2) is 23.3. The Kier molecular flexibility index (Phi) is 17.1. The Bertz CT molecular complexity index is 3420. The number of imidazole rings is 1. The number of nitrogens with two attached hydrogens (primary N) is 1. The number of nitro benzene ring substituents is 1. The van der Waals surface area contributed by atoms with E-state index >= 15 is 0 Å². The third-order valence-electron chi connectivity index (χ3n) is 13.2. The van der Waals surface area contributed by atoms with E-state index in [1.165, 1.54) is 42.7 Å². The summed E-state index contributed by atoms with van der Waals surface area (Å²) in [5, 5.41) is 14.1. The third-order valence-corrected chi connectivity index (χ3v) is 14.9. The first-order valence-electron chi connectivity index (χ1n) is 24.3. The molecule has 394 valence electrons. The van der Waals surface area contributed by atoms with Crippen molar-refractivity contribution in [1.82, 2.24) is 25.3 Å². The van der Waals surface area contributed by atoms with Crippen LogP contribution in [0.2, 0.25) is 0 Å². The number of rotatable bonds is 23. The highest BCUT2D eigenvalue weighted by atomic mass is 32.2. The molecule has 19 nitrogen and oxygen atoms in total. The Balaban J connectivity index is 1.00. The van der Waals surface area contributed by atoms with E-state index in [4.69, 9.17) is 15.5 Å². The molecule has 6 aromatic rings. The number of hydrogen-bond acceptors (Lipinski definition) is 14. The third kappa shape index (κ3) is 13.8. The summed E-state index contributed by atoms with van der Waals surface area (Å²) in [6, 6.07) is 23.1. The number of aromatic nitrogens is 4. The van der Waals surface area contributed by atoms with Gasteiger partial charge in [0.25, 0.3) is 25.9 Å². The van der Waals surface area contributed by atoms with Gasteiger partial charge in [0.15, 0.2) is 11.2 Å². The Labute approximate surface area is 436 Å². The number of aliphatic imine (C=N–C) groups is 1. The van der Waals surface area contributed by atoms with Gasteiger partial charge in [0.2, 0.25) is 17.7 Å². The molecule has 0 unspecified atom stereocenters. The number of nitrogens with zero attached hydrogens (tertiary/aromatic N) is 6. The number of aromatic amines is 1. The molecule has 0 bridgehead atoms. The van der Waals surface area contributed by atoms with Crippen molar-refractivity contribution in [2.45, 2.75) is 107 Å². The number of H-pyrrole nitrogens is 1. The fourth-order valence-electron chi connectivity index (χ4n) is 9.06. The highest BCUT2D eigenvalue weighted by molar-refractivity contribution is 7.86. The molecule has 3 heterocycles. The van der Waals surface area contributed by atoms with Crippen LogP contribution in [0.3, 0.4) is 0 Å². The molecule has 0 fully saturated rings. The molecular formula is C54H61N9O10S2. The van der Waals surface area contributed by atoms with Crippen LogP contribution in [0.25, 0.3) is 11.2 Å². The van der Waals surface area contributed by atoms with Crippen molar-refractivity contribution in [1.29, 1.82) is 0 Å². The minimum atomic E-state index is -4.49. The fourth-order valence-corrected chi connectivity index (χ4v) is 10.1. The van der Waals surface area contributed by atoms with Gasteiger partial charge < -0.3 is 25.7 Å². The maximum Gasteiger partial charge on any atom is 0.294 e. The zero-order chi connectivity index (χ0) is 54.1. The largest absolute Gasteiger partial charge is 0.471 e. The van der Waals surface area contributed by atoms with E-state index in [2.05, 4.69) is 30.2 Å². The van der Waals surface area contributed by atoms with Crippen LogP contribution in [-0.4, -0.2) is 75.5 Å². The van der Waals surface area contributed by atoms with Crippen LogP contribution >= 0.6 is 0 Å². The van der Waals surface area contributed by atoms with Gasteiger partial charge in [0.1, 0.15) is 6.61 Å². The van der Waals surface area contributed by atoms with Crippen LogP contribution < -0.4 is 20.7 Å².